The first-order chi connectivity index (χ1) is 12.5. The van der Waals surface area contributed by atoms with Crippen molar-refractivity contribution >= 4 is 22.4 Å². The summed E-state index contributed by atoms with van der Waals surface area (Å²) < 4.78 is 28.9. The number of amides is 1. The normalized spacial score (nSPS) is 13.7. The highest BCUT2D eigenvalue weighted by atomic mass is 19.1. The number of benzene rings is 2. The van der Waals surface area contributed by atoms with Gasteiger partial charge in [-0.1, -0.05) is 18.2 Å². The van der Waals surface area contributed by atoms with Gasteiger partial charge in [0.1, 0.15) is 11.6 Å². The molecule has 0 atom stereocenters. The van der Waals surface area contributed by atoms with Gasteiger partial charge in [-0.25, -0.2) is 13.5 Å². The molecule has 5 nitrogen and oxygen atoms in total. The Kier molecular flexibility index (Phi) is 3.79. The first-order valence-corrected chi connectivity index (χ1v) is 8.23. The number of hydrogen-bond acceptors (Lipinski definition) is 3. The summed E-state index contributed by atoms with van der Waals surface area (Å²) >= 11 is 0. The van der Waals surface area contributed by atoms with Gasteiger partial charge in [0.2, 0.25) is 0 Å². The molecular formula is C19H15F2N3O2. The van der Waals surface area contributed by atoms with Crippen molar-refractivity contribution < 1.29 is 13.6 Å². The quantitative estimate of drug-likeness (QED) is 0.675. The molecule has 0 saturated heterocycles. The minimum atomic E-state index is -0.737. The summed E-state index contributed by atoms with van der Waals surface area (Å²) in [6, 6.07) is 8.68. The van der Waals surface area contributed by atoms with Crippen molar-refractivity contribution in [1.82, 2.24) is 9.78 Å². The predicted molar refractivity (Wildman–Crippen MR) is 93.3 cm³/mol. The Balaban J connectivity index is 1.90. The number of aryl methyl sites for hydroxylation is 1. The number of carbonyl (C=O) groups is 1. The molecule has 2 aromatic carbocycles. The van der Waals surface area contributed by atoms with E-state index in [1.54, 1.807) is 24.3 Å². The van der Waals surface area contributed by atoms with E-state index in [-0.39, 0.29) is 16.9 Å². The molecule has 3 aromatic rings. The molecule has 1 amide bonds. The second-order valence-electron chi connectivity index (χ2n) is 6.27. The summed E-state index contributed by atoms with van der Waals surface area (Å²) in [5, 5.41) is 4.91. The van der Waals surface area contributed by atoms with E-state index in [0.717, 1.165) is 10.7 Å². The zero-order valence-corrected chi connectivity index (χ0v) is 14.0. The molecule has 0 spiro atoms. The van der Waals surface area contributed by atoms with Crippen LogP contribution >= 0.6 is 0 Å². The molecule has 26 heavy (non-hydrogen) atoms. The first kappa shape index (κ1) is 16.4. The molecule has 7 heteroatoms. The van der Waals surface area contributed by atoms with Crippen LogP contribution in [0.15, 0.2) is 41.2 Å². The minimum Gasteiger partial charge on any atom is -0.306 e. The number of hydrogen-bond donors (Lipinski definition) is 0. The van der Waals surface area contributed by atoms with Crippen LogP contribution in [-0.4, -0.2) is 22.2 Å². The Morgan fingerprint density at radius 2 is 1.88 bits per heavy atom. The van der Waals surface area contributed by atoms with Gasteiger partial charge in [-0.2, -0.15) is 5.10 Å². The van der Waals surface area contributed by atoms with Gasteiger partial charge in [0.05, 0.1) is 11.1 Å². The number of carbonyl (C=O) groups excluding carboxylic acids is 1. The maximum absolute atomic E-state index is 14.1. The Labute approximate surface area is 147 Å². The van der Waals surface area contributed by atoms with Gasteiger partial charge in [0.25, 0.3) is 11.5 Å². The van der Waals surface area contributed by atoms with Gasteiger partial charge in [-0.3, -0.25) is 9.59 Å². The second kappa shape index (κ2) is 6.01. The molecule has 0 unspecified atom stereocenters. The maximum atomic E-state index is 14.1. The van der Waals surface area contributed by atoms with Crippen LogP contribution in [-0.2, 0) is 13.5 Å². The highest BCUT2D eigenvalue weighted by Crippen LogP contribution is 2.31. The van der Waals surface area contributed by atoms with Crippen LogP contribution in [0.1, 0.15) is 22.5 Å². The number of halogens is 2. The molecule has 4 rings (SSSR count). The number of rotatable bonds is 1. The van der Waals surface area contributed by atoms with Gasteiger partial charge >= 0.3 is 0 Å². The van der Waals surface area contributed by atoms with Crippen LogP contribution in [0, 0.1) is 11.6 Å². The minimum absolute atomic E-state index is 0.0835. The molecule has 1 aliphatic heterocycles. The van der Waals surface area contributed by atoms with Crippen molar-refractivity contribution in [3.63, 3.8) is 0 Å². The molecule has 0 radical (unpaired) electrons. The number of aromatic nitrogens is 2. The summed E-state index contributed by atoms with van der Waals surface area (Å²) in [6.07, 6.45) is 0.998. The molecule has 0 fully saturated rings. The van der Waals surface area contributed by atoms with E-state index in [0.29, 0.717) is 35.7 Å². The fraction of sp³-hybridized carbons (Fsp3) is 0.211. The van der Waals surface area contributed by atoms with Gasteiger partial charge in [0.15, 0.2) is 5.69 Å². The Morgan fingerprint density at radius 1 is 1.15 bits per heavy atom. The topological polar surface area (TPSA) is 55.2 Å². The second-order valence-corrected chi connectivity index (χ2v) is 6.27. The average molecular weight is 355 g/mol. The van der Waals surface area contributed by atoms with Crippen LogP contribution in [0.25, 0.3) is 10.8 Å². The fourth-order valence-electron chi connectivity index (χ4n) is 3.41. The Bertz CT molecular complexity index is 1110. The van der Waals surface area contributed by atoms with Crippen LogP contribution < -0.4 is 10.5 Å². The predicted octanol–water partition coefficient (Wildman–Crippen LogP) is 2.80. The van der Waals surface area contributed by atoms with E-state index < -0.39 is 17.5 Å². The summed E-state index contributed by atoms with van der Waals surface area (Å²) in [7, 11) is 1.47. The van der Waals surface area contributed by atoms with Crippen molar-refractivity contribution in [1.29, 1.82) is 0 Å². The van der Waals surface area contributed by atoms with E-state index in [2.05, 4.69) is 5.10 Å². The van der Waals surface area contributed by atoms with Gasteiger partial charge in [-0.05, 0) is 25.0 Å². The zero-order chi connectivity index (χ0) is 18.4. The summed E-state index contributed by atoms with van der Waals surface area (Å²) in [4.78, 5) is 26.7. The number of nitrogens with zero attached hydrogens (tertiary/aromatic N) is 3. The lowest BCUT2D eigenvalue weighted by molar-refractivity contribution is 0.0980. The highest BCUT2D eigenvalue weighted by Gasteiger charge is 2.29. The maximum Gasteiger partial charge on any atom is 0.279 e. The van der Waals surface area contributed by atoms with Crippen molar-refractivity contribution in [2.75, 3.05) is 11.4 Å². The van der Waals surface area contributed by atoms with E-state index in [9.17, 15) is 18.4 Å². The largest absolute Gasteiger partial charge is 0.306 e. The summed E-state index contributed by atoms with van der Waals surface area (Å²) in [5.41, 5.74) is 0.312. The fourth-order valence-corrected chi connectivity index (χ4v) is 3.41. The third-order valence-corrected chi connectivity index (χ3v) is 4.64. The standard InChI is InChI=1S/C19H15F2N3O2/c1-23-18(25)13-6-3-2-5-12(13)17(22-23)19(26)24-8-4-7-14-15(21)9-11(20)10-16(14)24/h2-3,5-6,9-10H,4,7-8H2,1H3. The average Bonchev–Trinajstić information content (AvgIpc) is 2.63. The first-order valence-electron chi connectivity index (χ1n) is 8.23. The third kappa shape index (κ3) is 2.47. The molecule has 1 aliphatic rings. The van der Waals surface area contributed by atoms with Crippen LogP contribution in [0.5, 0.6) is 0 Å². The van der Waals surface area contributed by atoms with Crippen molar-refractivity contribution in [2.45, 2.75) is 12.8 Å². The van der Waals surface area contributed by atoms with Crippen LogP contribution in [0.3, 0.4) is 0 Å². The molecule has 0 aliphatic carbocycles. The lowest BCUT2D eigenvalue weighted by atomic mass is 10.00. The molecule has 1 aromatic heterocycles. The molecule has 0 bridgehead atoms. The third-order valence-electron chi connectivity index (χ3n) is 4.64. The van der Waals surface area contributed by atoms with Crippen LogP contribution in [0.4, 0.5) is 14.5 Å². The lowest BCUT2D eigenvalue weighted by Gasteiger charge is -2.29. The molecule has 0 saturated carbocycles. The number of fused-ring (bicyclic) bond motifs is 2. The van der Waals surface area contributed by atoms with Crippen LogP contribution in [0.2, 0.25) is 0 Å². The summed E-state index contributed by atoms with van der Waals surface area (Å²) in [6.45, 7) is 0.327. The van der Waals surface area contributed by atoms with Gasteiger partial charge in [0, 0.05) is 30.6 Å². The van der Waals surface area contributed by atoms with Crippen molar-refractivity contribution in [3.8, 4) is 0 Å². The SMILES string of the molecule is Cn1nc(C(=O)N2CCCc3c(F)cc(F)cc32)c2ccccc2c1=O. The van der Waals surface area contributed by atoms with Gasteiger partial charge in [-0.15, -0.1) is 0 Å². The smallest absolute Gasteiger partial charge is 0.279 e. The van der Waals surface area contributed by atoms with E-state index in [1.165, 1.54) is 18.0 Å². The molecule has 132 valence electrons. The summed E-state index contributed by atoms with van der Waals surface area (Å²) in [5.74, 6) is -1.88. The van der Waals surface area contributed by atoms with E-state index in [1.807, 2.05) is 0 Å². The molecule has 0 N–H and O–H groups in total. The molecule has 2 heterocycles. The Morgan fingerprint density at radius 3 is 2.65 bits per heavy atom. The zero-order valence-electron chi connectivity index (χ0n) is 14.0. The van der Waals surface area contributed by atoms with E-state index in [4.69, 9.17) is 0 Å². The monoisotopic (exact) mass is 355 g/mol. The van der Waals surface area contributed by atoms with Crippen molar-refractivity contribution in [2.24, 2.45) is 7.05 Å². The number of anilines is 1. The van der Waals surface area contributed by atoms with E-state index >= 15 is 0 Å². The Hall–Kier alpha value is -3.09. The van der Waals surface area contributed by atoms with Crippen molar-refractivity contribution in [3.05, 3.63) is 69.6 Å². The molecular weight excluding hydrogens is 340 g/mol. The lowest BCUT2D eigenvalue weighted by Crippen LogP contribution is -2.38. The highest BCUT2D eigenvalue weighted by molar-refractivity contribution is 6.12. The van der Waals surface area contributed by atoms with Gasteiger partial charge < -0.3 is 4.90 Å².